The standard InChI is InChI=1S/C22H31N5O2/c1-5-15(24-20(29)22(21(2,3)4)12-8-6-9-13-22)17-19(28)25-18(27-26-17)16-11-7-10-14-23-16/h7,10-11,14-15H,5-6,8-9,12-13H2,1-4H3,(H,24,29)(H,25,27,28). The normalized spacial score (nSPS) is 17.5. The molecule has 1 fully saturated rings. The highest BCUT2D eigenvalue weighted by Crippen LogP contribution is 2.50. The van der Waals surface area contributed by atoms with Gasteiger partial charge in [-0.1, -0.05) is 53.0 Å². The first-order chi connectivity index (χ1) is 13.8. The quantitative estimate of drug-likeness (QED) is 0.799. The lowest BCUT2D eigenvalue weighted by Gasteiger charge is -2.46. The number of carbonyl (C=O) groups is 1. The van der Waals surface area contributed by atoms with Crippen LogP contribution in [0.5, 0.6) is 0 Å². The number of nitrogens with zero attached hydrogens (tertiary/aromatic N) is 3. The third kappa shape index (κ3) is 4.23. The van der Waals surface area contributed by atoms with E-state index in [1.54, 1.807) is 18.3 Å². The Bertz CT molecular complexity index is 895. The van der Waals surface area contributed by atoms with Crippen molar-refractivity contribution < 1.29 is 4.79 Å². The molecular formula is C22H31N5O2. The van der Waals surface area contributed by atoms with Gasteiger partial charge in [0.1, 0.15) is 5.69 Å². The van der Waals surface area contributed by atoms with Gasteiger partial charge in [-0.05, 0) is 36.8 Å². The van der Waals surface area contributed by atoms with E-state index in [0.29, 0.717) is 17.9 Å². The second-order valence-electron chi connectivity index (χ2n) is 8.93. The minimum absolute atomic E-state index is 0.0200. The second-order valence-corrected chi connectivity index (χ2v) is 8.93. The number of rotatable bonds is 5. The first-order valence-corrected chi connectivity index (χ1v) is 10.5. The van der Waals surface area contributed by atoms with Crippen molar-refractivity contribution in [1.82, 2.24) is 25.5 Å². The fourth-order valence-corrected chi connectivity index (χ4v) is 4.33. The van der Waals surface area contributed by atoms with Crippen molar-refractivity contribution in [3.05, 3.63) is 40.4 Å². The van der Waals surface area contributed by atoms with Crippen LogP contribution in [0.4, 0.5) is 0 Å². The molecule has 3 rings (SSSR count). The Morgan fingerprint density at radius 3 is 2.48 bits per heavy atom. The Balaban J connectivity index is 1.86. The van der Waals surface area contributed by atoms with Gasteiger partial charge in [0.15, 0.2) is 11.5 Å². The SMILES string of the molecule is CCC(NC(=O)C1(C(C)(C)C)CCCCC1)c1nnc(-c2ccccn2)[nH]c1=O. The van der Waals surface area contributed by atoms with Crippen molar-refractivity contribution in [3.63, 3.8) is 0 Å². The van der Waals surface area contributed by atoms with Gasteiger partial charge in [0.05, 0.1) is 11.5 Å². The highest BCUT2D eigenvalue weighted by Gasteiger charge is 2.49. The van der Waals surface area contributed by atoms with Crippen molar-refractivity contribution in [3.8, 4) is 11.5 Å². The molecule has 1 atom stereocenters. The van der Waals surface area contributed by atoms with Crippen LogP contribution in [0.25, 0.3) is 11.5 Å². The zero-order valence-corrected chi connectivity index (χ0v) is 17.8. The second kappa shape index (κ2) is 8.43. The Morgan fingerprint density at radius 2 is 1.93 bits per heavy atom. The number of nitrogens with one attached hydrogen (secondary N) is 2. The molecule has 1 amide bonds. The lowest BCUT2D eigenvalue weighted by atomic mass is 9.58. The van der Waals surface area contributed by atoms with Gasteiger partial charge in [-0.25, -0.2) is 0 Å². The molecular weight excluding hydrogens is 366 g/mol. The molecule has 1 aliphatic rings. The average Bonchev–Trinajstić information content (AvgIpc) is 2.72. The summed E-state index contributed by atoms with van der Waals surface area (Å²) in [7, 11) is 0. The van der Waals surface area contributed by atoms with Crippen LogP contribution in [0.3, 0.4) is 0 Å². The van der Waals surface area contributed by atoms with Crippen molar-refractivity contribution >= 4 is 5.91 Å². The summed E-state index contributed by atoms with van der Waals surface area (Å²) in [5, 5.41) is 11.4. The molecule has 1 saturated carbocycles. The number of aromatic nitrogens is 4. The zero-order chi connectivity index (χ0) is 21.1. The lowest BCUT2D eigenvalue weighted by molar-refractivity contribution is -0.141. The summed E-state index contributed by atoms with van der Waals surface area (Å²) in [6.07, 6.45) is 7.23. The van der Waals surface area contributed by atoms with Gasteiger partial charge in [-0.3, -0.25) is 14.6 Å². The van der Waals surface area contributed by atoms with Gasteiger partial charge in [0.2, 0.25) is 5.91 Å². The van der Waals surface area contributed by atoms with E-state index >= 15 is 0 Å². The van der Waals surface area contributed by atoms with Gasteiger partial charge in [-0.2, -0.15) is 0 Å². The van der Waals surface area contributed by atoms with Crippen LogP contribution in [-0.4, -0.2) is 26.1 Å². The van der Waals surface area contributed by atoms with Gasteiger partial charge < -0.3 is 10.3 Å². The molecule has 7 heteroatoms. The molecule has 0 radical (unpaired) electrons. The molecule has 0 aliphatic heterocycles. The van der Waals surface area contributed by atoms with Gasteiger partial charge in [0.25, 0.3) is 5.56 Å². The summed E-state index contributed by atoms with van der Waals surface area (Å²) in [4.78, 5) is 33.1. The fourth-order valence-electron chi connectivity index (χ4n) is 4.33. The van der Waals surface area contributed by atoms with Crippen LogP contribution < -0.4 is 10.9 Å². The molecule has 1 aliphatic carbocycles. The minimum atomic E-state index is -0.474. The van der Waals surface area contributed by atoms with Gasteiger partial charge in [-0.15, -0.1) is 10.2 Å². The highest BCUT2D eigenvalue weighted by molar-refractivity contribution is 5.84. The predicted octanol–water partition coefficient (Wildman–Crippen LogP) is 3.79. The number of hydrogen-bond acceptors (Lipinski definition) is 5. The maximum Gasteiger partial charge on any atom is 0.275 e. The molecule has 0 spiro atoms. The van der Waals surface area contributed by atoms with Crippen LogP contribution in [0, 0.1) is 10.8 Å². The Kier molecular flexibility index (Phi) is 6.15. The molecule has 2 N–H and O–H groups in total. The predicted molar refractivity (Wildman–Crippen MR) is 112 cm³/mol. The van der Waals surface area contributed by atoms with E-state index in [4.69, 9.17) is 0 Å². The van der Waals surface area contributed by atoms with E-state index in [1.807, 2.05) is 13.0 Å². The van der Waals surface area contributed by atoms with E-state index in [9.17, 15) is 9.59 Å². The molecule has 0 aromatic carbocycles. The van der Waals surface area contributed by atoms with Crippen LogP contribution >= 0.6 is 0 Å². The largest absolute Gasteiger partial charge is 0.347 e. The molecule has 0 saturated heterocycles. The molecule has 7 nitrogen and oxygen atoms in total. The first-order valence-electron chi connectivity index (χ1n) is 10.5. The van der Waals surface area contributed by atoms with Crippen molar-refractivity contribution in [2.75, 3.05) is 0 Å². The van der Waals surface area contributed by atoms with Crippen LogP contribution in [0.2, 0.25) is 0 Å². The summed E-state index contributed by atoms with van der Waals surface area (Å²) in [5.41, 5.74) is -0.139. The molecule has 2 aromatic rings. The Labute approximate surface area is 171 Å². The van der Waals surface area contributed by atoms with Crippen molar-refractivity contribution in [2.24, 2.45) is 10.8 Å². The topological polar surface area (TPSA) is 101 Å². The molecule has 156 valence electrons. The average molecular weight is 398 g/mol. The minimum Gasteiger partial charge on any atom is -0.347 e. The number of H-pyrrole nitrogens is 1. The summed E-state index contributed by atoms with van der Waals surface area (Å²) >= 11 is 0. The summed E-state index contributed by atoms with van der Waals surface area (Å²) in [5.74, 6) is 0.338. The van der Waals surface area contributed by atoms with Crippen LogP contribution in [0.15, 0.2) is 29.2 Å². The van der Waals surface area contributed by atoms with E-state index in [0.717, 1.165) is 25.7 Å². The van der Waals surface area contributed by atoms with Crippen molar-refractivity contribution in [2.45, 2.75) is 72.3 Å². The summed E-state index contributed by atoms with van der Waals surface area (Å²) < 4.78 is 0. The summed E-state index contributed by atoms with van der Waals surface area (Å²) in [6.45, 7) is 8.33. The molecule has 2 heterocycles. The zero-order valence-electron chi connectivity index (χ0n) is 17.8. The maximum atomic E-state index is 13.4. The van der Waals surface area contributed by atoms with E-state index < -0.39 is 11.5 Å². The number of carbonyl (C=O) groups excluding carboxylic acids is 1. The third-order valence-electron chi connectivity index (χ3n) is 6.25. The number of aromatic amines is 1. The highest BCUT2D eigenvalue weighted by atomic mass is 16.2. The summed E-state index contributed by atoms with van der Waals surface area (Å²) in [6, 6.07) is 4.90. The van der Waals surface area contributed by atoms with Gasteiger partial charge >= 0.3 is 0 Å². The molecule has 1 unspecified atom stereocenters. The van der Waals surface area contributed by atoms with Gasteiger partial charge in [0, 0.05) is 6.20 Å². The number of hydrogen-bond donors (Lipinski definition) is 2. The van der Waals surface area contributed by atoms with E-state index in [-0.39, 0.29) is 22.6 Å². The first kappa shape index (κ1) is 21.1. The molecule has 0 bridgehead atoms. The lowest BCUT2D eigenvalue weighted by Crippen LogP contribution is -2.51. The monoisotopic (exact) mass is 397 g/mol. The Hall–Kier alpha value is -2.57. The van der Waals surface area contributed by atoms with Crippen molar-refractivity contribution in [1.29, 1.82) is 0 Å². The molecule has 29 heavy (non-hydrogen) atoms. The maximum absolute atomic E-state index is 13.4. The van der Waals surface area contributed by atoms with E-state index in [1.165, 1.54) is 6.42 Å². The van der Waals surface area contributed by atoms with Crippen LogP contribution in [0.1, 0.15) is 78.0 Å². The number of amides is 1. The third-order valence-corrected chi connectivity index (χ3v) is 6.25. The number of pyridine rings is 1. The van der Waals surface area contributed by atoms with E-state index in [2.05, 4.69) is 46.3 Å². The Morgan fingerprint density at radius 1 is 1.21 bits per heavy atom. The fraction of sp³-hybridized carbons (Fsp3) is 0.591. The smallest absolute Gasteiger partial charge is 0.275 e. The molecule has 2 aromatic heterocycles. The van der Waals surface area contributed by atoms with Crippen LogP contribution in [-0.2, 0) is 4.79 Å².